The number of non-ortho nitro benzene ring substituents is 1. The van der Waals surface area contributed by atoms with Crippen molar-refractivity contribution < 1.29 is 37.3 Å². The van der Waals surface area contributed by atoms with E-state index in [2.05, 4.69) is 0 Å². The number of halogens is 3. The van der Waals surface area contributed by atoms with Crippen LogP contribution in [0, 0.1) is 10.1 Å². The van der Waals surface area contributed by atoms with Crippen LogP contribution in [0.1, 0.15) is 26.3 Å². The number of thioether (sulfide) groups is 1. The Morgan fingerprint density at radius 1 is 1.32 bits per heavy atom. The molecule has 1 fully saturated rings. The molecule has 0 radical (unpaired) electrons. The van der Waals surface area contributed by atoms with Crippen molar-refractivity contribution in [3.63, 3.8) is 0 Å². The lowest BCUT2D eigenvalue weighted by Gasteiger charge is -2.25. The van der Waals surface area contributed by atoms with E-state index in [0.29, 0.717) is 5.06 Å². The molecule has 1 aliphatic rings. The number of nitro groups is 1. The highest BCUT2D eigenvalue weighted by Crippen LogP contribution is 2.46. The number of benzene rings is 1. The molecule has 0 saturated carbocycles. The van der Waals surface area contributed by atoms with Gasteiger partial charge in [0.2, 0.25) is 0 Å². The first kappa shape index (κ1) is 21.8. The molecule has 0 aliphatic carbocycles. The number of hydroxylamine groups is 2. The molecule has 1 heterocycles. The summed E-state index contributed by atoms with van der Waals surface area (Å²) in [6.45, 7) is 3.97. The lowest BCUT2D eigenvalue weighted by molar-refractivity contribution is -0.384. The number of carbonyl (C=O) groups excluding carboxylic acids is 2. The van der Waals surface area contributed by atoms with Crippen molar-refractivity contribution in [1.29, 1.82) is 0 Å². The molecule has 0 unspecified atom stereocenters. The predicted octanol–water partition coefficient (Wildman–Crippen LogP) is 3.84. The molecule has 0 bridgehead atoms. The van der Waals surface area contributed by atoms with E-state index in [1.54, 1.807) is 20.8 Å². The van der Waals surface area contributed by atoms with Gasteiger partial charge in [-0.25, -0.2) is 9.59 Å². The molecular formula is C16H17F3N2O6S. The molecule has 12 heteroatoms. The summed E-state index contributed by atoms with van der Waals surface area (Å²) in [5.41, 5.74) is -5.73. The van der Waals surface area contributed by atoms with E-state index in [1.165, 1.54) is 12.1 Å². The summed E-state index contributed by atoms with van der Waals surface area (Å²) in [6, 6.07) is 4.74. The van der Waals surface area contributed by atoms with E-state index >= 15 is 0 Å². The maximum atomic E-state index is 13.1. The summed E-state index contributed by atoms with van der Waals surface area (Å²) >= 11 is -0.593. The van der Waals surface area contributed by atoms with Gasteiger partial charge in [-0.05, 0) is 38.1 Å². The second-order valence-electron chi connectivity index (χ2n) is 7.04. The van der Waals surface area contributed by atoms with Gasteiger partial charge >= 0.3 is 17.6 Å². The van der Waals surface area contributed by atoms with Gasteiger partial charge in [0.15, 0.2) is 0 Å². The Kier molecular flexibility index (Phi) is 5.83. The van der Waals surface area contributed by atoms with Crippen LogP contribution in [0.5, 0.6) is 0 Å². The van der Waals surface area contributed by atoms with E-state index in [-0.39, 0.29) is 11.3 Å². The Balaban J connectivity index is 2.29. The molecule has 0 N–H and O–H groups in total. The third-order valence-electron chi connectivity index (χ3n) is 3.51. The number of carbonyl (C=O) groups is 2. The number of nitrogens with zero attached hydrogens (tertiary/aromatic N) is 2. The van der Waals surface area contributed by atoms with E-state index in [4.69, 9.17) is 9.57 Å². The number of hydrogen-bond donors (Lipinski definition) is 0. The first-order valence-electron chi connectivity index (χ1n) is 7.94. The average molecular weight is 422 g/mol. The Bertz CT molecular complexity index is 778. The van der Waals surface area contributed by atoms with Gasteiger partial charge in [0.25, 0.3) is 5.69 Å². The Morgan fingerprint density at radius 3 is 2.36 bits per heavy atom. The standard InChI is InChI=1S/C16H17F3N2O6S/c1-14(2,3)26-13(23)20-9-15(12(22)27-20,28-16(17,18)19)8-10-4-6-11(7-5-10)21(24)25/h4-7H,8-9H2,1-3H3/t15-/m0/s1. The molecule has 1 saturated heterocycles. The van der Waals surface area contributed by atoms with Crippen LogP contribution in [-0.2, 0) is 20.8 Å². The van der Waals surface area contributed by atoms with E-state index in [0.717, 1.165) is 12.1 Å². The molecule has 28 heavy (non-hydrogen) atoms. The number of rotatable bonds is 4. The summed E-state index contributed by atoms with van der Waals surface area (Å²) in [7, 11) is 0. The first-order chi connectivity index (χ1) is 12.7. The minimum atomic E-state index is -4.79. The molecule has 1 atom stereocenters. The molecule has 1 aliphatic heterocycles. The van der Waals surface area contributed by atoms with E-state index < -0.39 is 57.6 Å². The zero-order valence-corrected chi connectivity index (χ0v) is 15.9. The highest BCUT2D eigenvalue weighted by molar-refractivity contribution is 8.02. The summed E-state index contributed by atoms with van der Waals surface area (Å²) < 4.78 is 42.3. The van der Waals surface area contributed by atoms with Crippen LogP contribution in [-0.4, -0.2) is 44.5 Å². The van der Waals surface area contributed by atoms with Crippen molar-refractivity contribution in [2.24, 2.45) is 0 Å². The maximum absolute atomic E-state index is 13.1. The Hall–Kier alpha value is -2.50. The summed E-state index contributed by atoms with van der Waals surface area (Å²) in [4.78, 5) is 39.2. The molecular weight excluding hydrogens is 405 g/mol. The van der Waals surface area contributed by atoms with Gasteiger partial charge in [0.1, 0.15) is 10.3 Å². The average Bonchev–Trinajstić information content (AvgIpc) is 2.81. The van der Waals surface area contributed by atoms with Crippen molar-refractivity contribution in [3.05, 3.63) is 39.9 Å². The largest absolute Gasteiger partial charge is 0.443 e. The zero-order chi connectivity index (χ0) is 21.3. The van der Waals surface area contributed by atoms with E-state index in [1.807, 2.05) is 0 Å². The van der Waals surface area contributed by atoms with Crippen molar-refractivity contribution in [1.82, 2.24) is 5.06 Å². The Morgan fingerprint density at radius 2 is 1.89 bits per heavy atom. The first-order valence-corrected chi connectivity index (χ1v) is 8.76. The van der Waals surface area contributed by atoms with Gasteiger partial charge < -0.3 is 9.57 Å². The summed E-state index contributed by atoms with van der Waals surface area (Å²) in [6.07, 6.45) is -1.54. The lowest BCUT2D eigenvalue weighted by Crippen LogP contribution is -2.41. The molecule has 0 aromatic heterocycles. The fraction of sp³-hybridized carbons (Fsp3) is 0.500. The second-order valence-corrected chi connectivity index (χ2v) is 8.49. The lowest BCUT2D eigenvalue weighted by atomic mass is 9.98. The van der Waals surface area contributed by atoms with Crippen LogP contribution in [0.3, 0.4) is 0 Å². The SMILES string of the molecule is CC(C)(C)OC(=O)N1C[C@](Cc2ccc([N+](=O)[O-])cc2)(SC(F)(F)F)C(=O)O1. The third kappa shape index (κ3) is 5.50. The van der Waals surface area contributed by atoms with Gasteiger partial charge in [-0.15, -0.1) is 5.06 Å². The smallest absolute Gasteiger partial charge is 0.442 e. The minimum absolute atomic E-state index is 0.241. The molecule has 1 aromatic carbocycles. The van der Waals surface area contributed by atoms with Gasteiger partial charge in [0, 0.05) is 18.6 Å². The monoisotopic (exact) mass is 422 g/mol. The number of amides is 1. The van der Waals surface area contributed by atoms with Crippen molar-refractivity contribution in [2.75, 3.05) is 6.54 Å². The van der Waals surface area contributed by atoms with Gasteiger partial charge in [-0.2, -0.15) is 13.2 Å². The van der Waals surface area contributed by atoms with Crippen LogP contribution in [0.25, 0.3) is 0 Å². The Labute approximate surface area is 162 Å². The molecule has 154 valence electrons. The van der Waals surface area contributed by atoms with Crippen LogP contribution in [0.15, 0.2) is 24.3 Å². The topological polar surface area (TPSA) is 99.0 Å². The van der Waals surface area contributed by atoms with Gasteiger partial charge in [-0.3, -0.25) is 10.1 Å². The normalized spacial score (nSPS) is 20.1. The van der Waals surface area contributed by atoms with Crippen LogP contribution in [0.4, 0.5) is 23.7 Å². The number of alkyl halides is 3. The van der Waals surface area contributed by atoms with Gasteiger partial charge in [0.05, 0.1) is 11.5 Å². The van der Waals surface area contributed by atoms with Gasteiger partial charge in [-0.1, -0.05) is 12.1 Å². The molecule has 1 amide bonds. The van der Waals surface area contributed by atoms with Crippen molar-refractivity contribution in [3.8, 4) is 0 Å². The summed E-state index contributed by atoms with van der Waals surface area (Å²) in [5, 5.41) is 11.2. The second kappa shape index (κ2) is 7.49. The quantitative estimate of drug-likeness (QED) is 0.537. The maximum Gasteiger partial charge on any atom is 0.443 e. The van der Waals surface area contributed by atoms with E-state index in [9.17, 15) is 32.9 Å². The number of hydrogen-bond acceptors (Lipinski definition) is 7. The van der Waals surface area contributed by atoms with Crippen LogP contribution < -0.4 is 0 Å². The minimum Gasteiger partial charge on any atom is -0.442 e. The summed E-state index contributed by atoms with van der Waals surface area (Å²) in [5.74, 6) is -1.25. The highest BCUT2D eigenvalue weighted by atomic mass is 32.2. The molecule has 2 rings (SSSR count). The third-order valence-corrected chi connectivity index (χ3v) is 4.57. The highest BCUT2D eigenvalue weighted by Gasteiger charge is 2.57. The fourth-order valence-corrected chi connectivity index (χ4v) is 3.44. The van der Waals surface area contributed by atoms with Crippen LogP contribution >= 0.6 is 11.8 Å². The number of ether oxygens (including phenoxy) is 1. The molecule has 1 aromatic rings. The van der Waals surface area contributed by atoms with Crippen molar-refractivity contribution >= 4 is 29.5 Å². The predicted molar refractivity (Wildman–Crippen MR) is 92.2 cm³/mol. The van der Waals surface area contributed by atoms with Crippen molar-refractivity contribution in [2.45, 2.75) is 43.0 Å². The van der Waals surface area contributed by atoms with Crippen LogP contribution in [0.2, 0.25) is 0 Å². The molecule has 0 spiro atoms. The molecule has 8 nitrogen and oxygen atoms in total. The number of nitro benzene ring substituents is 1. The fourth-order valence-electron chi connectivity index (χ4n) is 2.45. The zero-order valence-electron chi connectivity index (χ0n) is 15.1.